The summed E-state index contributed by atoms with van der Waals surface area (Å²) in [5.74, 6) is 1.63. The van der Waals surface area contributed by atoms with E-state index in [4.69, 9.17) is 5.11 Å². The molecule has 7 heteroatoms. The Bertz CT molecular complexity index is 1060. The smallest absolute Gasteiger partial charge is 0.178 e. The lowest BCUT2D eigenvalue weighted by atomic mass is 10.1. The Balaban J connectivity index is 1.59. The monoisotopic (exact) mass is 361 g/mol. The average Bonchev–Trinajstić information content (AvgIpc) is 3.06. The molecule has 4 rings (SSSR count). The second-order valence-corrected chi connectivity index (χ2v) is 6.25. The molecule has 0 bridgehead atoms. The Morgan fingerprint density at radius 3 is 2.59 bits per heavy atom. The van der Waals surface area contributed by atoms with E-state index in [1.54, 1.807) is 16.6 Å². The molecule has 0 radical (unpaired) electrons. The van der Waals surface area contributed by atoms with Gasteiger partial charge in [-0.3, -0.25) is 0 Å². The third kappa shape index (κ3) is 3.88. The van der Waals surface area contributed by atoms with Crippen LogP contribution in [0.25, 0.3) is 5.65 Å². The lowest BCUT2D eigenvalue weighted by Crippen LogP contribution is -2.03. The predicted octanol–water partition coefficient (Wildman–Crippen LogP) is 2.70. The molecule has 2 aromatic heterocycles. The molecule has 0 saturated carbocycles. The number of phenolic OH excluding ortho intramolecular Hbond substituents is 1. The van der Waals surface area contributed by atoms with Crippen molar-refractivity contribution in [1.29, 1.82) is 0 Å². The molecule has 2 aromatic carbocycles. The van der Waals surface area contributed by atoms with Crippen molar-refractivity contribution >= 4 is 17.2 Å². The van der Waals surface area contributed by atoms with Crippen molar-refractivity contribution < 1.29 is 10.2 Å². The highest BCUT2D eigenvalue weighted by Gasteiger charge is 2.09. The first-order chi connectivity index (χ1) is 13.2. The normalized spacial score (nSPS) is 11.0. The van der Waals surface area contributed by atoms with E-state index < -0.39 is 0 Å². The predicted molar refractivity (Wildman–Crippen MR) is 102 cm³/mol. The van der Waals surface area contributed by atoms with Crippen molar-refractivity contribution in [2.45, 2.75) is 12.8 Å². The van der Waals surface area contributed by atoms with Crippen LogP contribution in [0.3, 0.4) is 0 Å². The number of aromatic nitrogens is 4. The largest absolute Gasteiger partial charge is 0.508 e. The number of hydrogen-bond donors (Lipinski definition) is 3. The third-order valence-electron chi connectivity index (χ3n) is 4.23. The first kappa shape index (κ1) is 17.0. The Morgan fingerprint density at radius 1 is 0.926 bits per heavy atom. The van der Waals surface area contributed by atoms with Crippen molar-refractivity contribution in [3.63, 3.8) is 0 Å². The number of nitrogens with one attached hydrogen (secondary N) is 1. The van der Waals surface area contributed by atoms with Crippen LogP contribution < -0.4 is 5.32 Å². The number of aliphatic hydroxyl groups excluding tert-OH is 1. The van der Waals surface area contributed by atoms with Crippen LogP contribution in [0, 0.1) is 0 Å². The zero-order chi connectivity index (χ0) is 18.6. The van der Waals surface area contributed by atoms with Gasteiger partial charge in [0.2, 0.25) is 0 Å². The van der Waals surface area contributed by atoms with Crippen LogP contribution in [-0.4, -0.2) is 36.6 Å². The molecule has 0 unspecified atom stereocenters. The fourth-order valence-corrected chi connectivity index (χ4v) is 2.89. The number of aromatic hydroxyl groups is 1. The lowest BCUT2D eigenvalue weighted by Gasteiger charge is -2.08. The highest BCUT2D eigenvalue weighted by Crippen LogP contribution is 2.18. The number of anilines is 2. The average molecular weight is 361 g/mol. The Hall–Kier alpha value is -3.45. The number of fused-ring (bicyclic) bond motifs is 1. The van der Waals surface area contributed by atoms with E-state index in [1.807, 2.05) is 48.5 Å². The number of aliphatic hydroxyl groups is 1. The van der Waals surface area contributed by atoms with Crippen molar-refractivity contribution in [3.8, 4) is 5.75 Å². The standard InChI is InChI=1S/C20H19N5O2/c26-11-10-14-2-1-3-16(12-14)21-18-8-9-19-22-23-20(25(19)24-18)13-15-4-6-17(27)7-5-15/h1-9,12,26-27H,10-11,13H2,(H,21,24). The molecular weight excluding hydrogens is 342 g/mol. The Labute approximate surface area is 155 Å². The first-order valence-electron chi connectivity index (χ1n) is 8.67. The second-order valence-electron chi connectivity index (χ2n) is 6.25. The molecule has 0 spiro atoms. The Morgan fingerprint density at radius 2 is 1.78 bits per heavy atom. The molecule has 0 aliphatic heterocycles. The molecule has 0 saturated heterocycles. The molecule has 2 heterocycles. The van der Waals surface area contributed by atoms with E-state index in [0.29, 0.717) is 30.1 Å². The minimum Gasteiger partial charge on any atom is -0.508 e. The van der Waals surface area contributed by atoms with Gasteiger partial charge >= 0.3 is 0 Å². The van der Waals surface area contributed by atoms with E-state index in [2.05, 4.69) is 20.6 Å². The number of rotatable bonds is 6. The summed E-state index contributed by atoms with van der Waals surface area (Å²) in [6.45, 7) is 0.120. The Kier molecular flexibility index (Phi) is 4.67. The molecule has 0 atom stereocenters. The van der Waals surface area contributed by atoms with Crippen molar-refractivity contribution in [1.82, 2.24) is 19.8 Å². The molecule has 136 valence electrons. The van der Waals surface area contributed by atoms with Gasteiger partial charge in [-0.25, -0.2) is 0 Å². The number of nitrogens with zero attached hydrogens (tertiary/aromatic N) is 4. The van der Waals surface area contributed by atoms with Gasteiger partial charge in [0, 0.05) is 18.7 Å². The van der Waals surface area contributed by atoms with Crippen LogP contribution in [0.2, 0.25) is 0 Å². The van der Waals surface area contributed by atoms with E-state index in [1.165, 1.54) is 0 Å². The van der Waals surface area contributed by atoms with Crippen LogP contribution in [-0.2, 0) is 12.8 Å². The quantitative estimate of drug-likeness (QED) is 0.489. The summed E-state index contributed by atoms with van der Waals surface area (Å²) in [5, 5.41) is 34.8. The maximum Gasteiger partial charge on any atom is 0.178 e. The summed E-state index contributed by atoms with van der Waals surface area (Å²) in [7, 11) is 0. The SMILES string of the molecule is OCCc1cccc(Nc2ccc3nnc(Cc4ccc(O)cc4)n3n2)c1. The van der Waals surface area contributed by atoms with Gasteiger partial charge in [0.15, 0.2) is 17.3 Å². The minimum atomic E-state index is 0.120. The molecule has 0 fully saturated rings. The lowest BCUT2D eigenvalue weighted by molar-refractivity contribution is 0.299. The molecule has 27 heavy (non-hydrogen) atoms. The second kappa shape index (κ2) is 7.43. The van der Waals surface area contributed by atoms with Crippen molar-refractivity contribution in [2.75, 3.05) is 11.9 Å². The zero-order valence-corrected chi connectivity index (χ0v) is 14.6. The van der Waals surface area contributed by atoms with Crippen molar-refractivity contribution in [3.05, 3.63) is 77.6 Å². The van der Waals surface area contributed by atoms with Crippen LogP contribution in [0.15, 0.2) is 60.7 Å². The number of phenols is 1. The van der Waals surface area contributed by atoms with Crippen molar-refractivity contribution in [2.24, 2.45) is 0 Å². The summed E-state index contributed by atoms with van der Waals surface area (Å²) in [4.78, 5) is 0. The summed E-state index contributed by atoms with van der Waals surface area (Å²) in [6, 6.07) is 18.6. The van der Waals surface area contributed by atoms with Gasteiger partial charge in [-0.1, -0.05) is 24.3 Å². The van der Waals surface area contributed by atoms with E-state index in [-0.39, 0.29) is 12.4 Å². The van der Waals surface area contributed by atoms with Crippen LogP contribution in [0.1, 0.15) is 17.0 Å². The number of hydrogen-bond acceptors (Lipinski definition) is 6. The van der Waals surface area contributed by atoms with Crippen LogP contribution in [0.4, 0.5) is 11.5 Å². The van der Waals surface area contributed by atoms with Gasteiger partial charge in [-0.05, 0) is 53.9 Å². The van der Waals surface area contributed by atoms with Gasteiger partial charge in [0.1, 0.15) is 5.75 Å². The highest BCUT2D eigenvalue weighted by atomic mass is 16.3. The molecule has 0 aliphatic rings. The molecule has 4 aromatic rings. The van der Waals surface area contributed by atoms with Gasteiger partial charge < -0.3 is 15.5 Å². The van der Waals surface area contributed by atoms with Gasteiger partial charge in [-0.15, -0.1) is 15.3 Å². The van der Waals surface area contributed by atoms with Gasteiger partial charge in [0.05, 0.1) is 0 Å². The topological polar surface area (TPSA) is 95.6 Å². The molecular formula is C20H19N5O2. The molecule has 0 aliphatic carbocycles. The molecule has 3 N–H and O–H groups in total. The van der Waals surface area contributed by atoms with Crippen LogP contribution >= 0.6 is 0 Å². The highest BCUT2D eigenvalue weighted by molar-refractivity contribution is 5.58. The van der Waals surface area contributed by atoms with E-state index >= 15 is 0 Å². The van der Waals surface area contributed by atoms with Gasteiger partial charge in [-0.2, -0.15) is 4.52 Å². The molecule has 0 amide bonds. The summed E-state index contributed by atoms with van der Waals surface area (Å²) < 4.78 is 1.72. The minimum absolute atomic E-state index is 0.120. The summed E-state index contributed by atoms with van der Waals surface area (Å²) >= 11 is 0. The molecule has 7 nitrogen and oxygen atoms in total. The fraction of sp³-hybridized carbons (Fsp3) is 0.150. The summed E-state index contributed by atoms with van der Waals surface area (Å²) in [5.41, 5.74) is 3.64. The first-order valence-corrected chi connectivity index (χ1v) is 8.67. The van der Waals surface area contributed by atoms with E-state index in [9.17, 15) is 5.11 Å². The summed E-state index contributed by atoms with van der Waals surface area (Å²) in [6.07, 6.45) is 1.17. The van der Waals surface area contributed by atoms with Crippen LogP contribution in [0.5, 0.6) is 5.75 Å². The maximum atomic E-state index is 9.42. The van der Waals surface area contributed by atoms with E-state index in [0.717, 1.165) is 16.8 Å². The maximum absolute atomic E-state index is 9.42. The fourth-order valence-electron chi connectivity index (χ4n) is 2.89. The third-order valence-corrected chi connectivity index (χ3v) is 4.23. The zero-order valence-electron chi connectivity index (χ0n) is 14.6. The van der Waals surface area contributed by atoms with Gasteiger partial charge in [0.25, 0.3) is 0 Å². The number of benzene rings is 2.